The Hall–Kier alpha value is -1.73. The number of benzene rings is 1. The molecular formula is C16H23N3O3S. The molecule has 126 valence electrons. The quantitative estimate of drug-likeness (QED) is 0.709. The van der Waals surface area contributed by atoms with Gasteiger partial charge in [0.05, 0.1) is 24.7 Å². The monoisotopic (exact) mass is 337 g/mol. The number of nitrogens with one attached hydrogen (secondary N) is 1. The zero-order valence-electron chi connectivity index (χ0n) is 13.1. The molecule has 0 aliphatic carbocycles. The lowest BCUT2D eigenvalue weighted by molar-refractivity contribution is -0.132. The molecule has 2 amide bonds. The van der Waals surface area contributed by atoms with E-state index in [1.165, 1.54) is 11.8 Å². The van der Waals surface area contributed by atoms with Crippen molar-refractivity contribution in [2.24, 2.45) is 0 Å². The number of ether oxygens (including phenoxy) is 1. The van der Waals surface area contributed by atoms with Gasteiger partial charge in [0, 0.05) is 25.3 Å². The first kappa shape index (κ1) is 17.6. The normalized spacial score (nSPS) is 14.5. The van der Waals surface area contributed by atoms with Gasteiger partial charge in [-0.3, -0.25) is 9.59 Å². The number of nitrogen functional groups attached to an aromatic ring is 1. The van der Waals surface area contributed by atoms with Crippen LogP contribution in [0.1, 0.15) is 5.56 Å². The van der Waals surface area contributed by atoms with Gasteiger partial charge in [-0.25, -0.2) is 0 Å². The van der Waals surface area contributed by atoms with Crippen LogP contribution in [-0.2, 0) is 20.7 Å². The lowest BCUT2D eigenvalue weighted by Crippen LogP contribution is -2.41. The molecule has 1 heterocycles. The van der Waals surface area contributed by atoms with Gasteiger partial charge in [-0.05, 0) is 24.1 Å². The summed E-state index contributed by atoms with van der Waals surface area (Å²) in [6.07, 6.45) is 0.767. The zero-order chi connectivity index (χ0) is 16.5. The Balaban J connectivity index is 1.56. The van der Waals surface area contributed by atoms with Crippen molar-refractivity contribution in [1.29, 1.82) is 0 Å². The Morgan fingerprint density at radius 1 is 1.17 bits per heavy atom. The third-order valence-corrected chi connectivity index (χ3v) is 4.46. The highest BCUT2D eigenvalue weighted by Crippen LogP contribution is 2.06. The van der Waals surface area contributed by atoms with Crippen LogP contribution in [0.2, 0.25) is 0 Å². The van der Waals surface area contributed by atoms with Crippen LogP contribution < -0.4 is 11.1 Å². The number of carbonyl (C=O) groups is 2. The van der Waals surface area contributed by atoms with Crippen molar-refractivity contribution >= 4 is 29.3 Å². The molecule has 0 spiro atoms. The Labute approximate surface area is 140 Å². The lowest BCUT2D eigenvalue weighted by atomic mass is 10.1. The van der Waals surface area contributed by atoms with Gasteiger partial charge in [-0.2, -0.15) is 0 Å². The van der Waals surface area contributed by atoms with E-state index in [1.54, 1.807) is 4.90 Å². The minimum atomic E-state index is -0.0415. The topological polar surface area (TPSA) is 84.7 Å². The SMILES string of the molecule is Nc1ccc(CCNC(=O)CSCC(=O)N2CCOCC2)cc1. The van der Waals surface area contributed by atoms with Crippen molar-refractivity contribution in [3.63, 3.8) is 0 Å². The van der Waals surface area contributed by atoms with Gasteiger partial charge in [0.15, 0.2) is 0 Å². The van der Waals surface area contributed by atoms with Crippen molar-refractivity contribution in [2.45, 2.75) is 6.42 Å². The maximum atomic E-state index is 11.9. The van der Waals surface area contributed by atoms with Gasteiger partial charge in [-0.15, -0.1) is 11.8 Å². The Kier molecular flexibility index (Phi) is 7.22. The van der Waals surface area contributed by atoms with Crippen LogP contribution in [0, 0.1) is 0 Å². The number of anilines is 1. The van der Waals surface area contributed by atoms with Crippen molar-refractivity contribution in [3.05, 3.63) is 29.8 Å². The van der Waals surface area contributed by atoms with E-state index >= 15 is 0 Å². The van der Waals surface area contributed by atoms with Gasteiger partial charge in [0.1, 0.15) is 0 Å². The van der Waals surface area contributed by atoms with Crippen molar-refractivity contribution in [1.82, 2.24) is 10.2 Å². The standard InChI is InChI=1S/C16H23N3O3S/c17-14-3-1-13(2-4-14)5-6-18-15(20)11-23-12-16(21)19-7-9-22-10-8-19/h1-4H,5-12,17H2,(H,18,20). The third-order valence-electron chi connectivity index (χ3n) is 3.54. The highest BCUT2D eigenvalue weighted by Gasteiger charge is 2.16. The van der Waals surface area contributed by atoms with Crippen LogP contribution in [0.25, 0.3) is 0 Å². The molecule has 0 unspecified atom stereocenters. The van der Waals surface area contributed by atoms with E-state index in [0.29, 0.717) is 44.4 Å². The molecule has 1 saturated heterocycles. The van der Waals surface area contributed by atoms with E-state index < -0.39 is 0 Å². The second-order valence-electron chi connectivity index (χ2n) is 5.33. The predicted molar refractivity (Wildman–Crippen MR) is 92.3 cm³/mol. The first-order valence-corrected chi connectivity index (χ1v) is 8.85. The highest BCUT2D eigenvalue weighted by atomic mass is 32.2. The molecule has 1 aromatic carbocycles. The molecule has 1 aliphatic rings. The second-order valence-corrected chi connectivity index (χ2v) is 6.31. The van der Waals surface area contributed by atoms with E-state index in [-0.39, 0.29) is 11.8 Å². The number of carbonyl (C=O) groups excluding carboxylic acids is 2. The van der Waals surface area contributed by atoms with Crippen molar-refractivity contribution in [2.75, 3.05) is 50.1 Å². The summed E-state index contributed by atoms with van der Waals surface area (Å²) in [4.78, 5) is 25.4. The molecule has 0 saturated carbocycles. The number of hydrogen-bond acceptors (Lipinski definition) is 5. The number of hydrogen-bond donors (Lipinski definition) is 2. The number of nitrogens with zero attached hydrogens (tertiary/aromatic N) is 1. The van der Waals surface area contributed by atoms with Crippen LogP contribution in [-0.4, -0.2) is 61.1 Å². The molecule has 1 aliphatic heterocycles. The summed E-state index contributed by atoms with van der Waals surface area (Å²) in [5, 5.41) is 2.86. The first-order chi connectivity index (χ1) is 11.1. The fourth-order valence-electron chi connectivity index (χ4n) is 2.22. The number of thioether (sulfide) groups is 1. The van der Waals surface area contributed by atoms with E-state index in [4.69, 9.17) is 10.5 Å². The zero-order valence-corrected chi connectivity index (χ0v) is 13.9. The molecule has 6 nitrogen and oxygen atoms in total. The highest BCUT2D eigenvalue weighted by molar-refractivity contribution is 8.00. The van der Waals surface area contributed by atoms with E-state index in [2.05, 4.69) is 5.32 Å². The van der Waals surface area contributed by atoms with Crippen LogP contribution in [0.5, 0.6) is 0 Å². The van der Waals surface area contributed by atoms with Crippen LogP contribution in [0.15, 0.2) is 24.3 Å². The fraction of sp³-hybridized carbons (Fsp3) is 0.500. The number of nitrogens with two attached hydrogens (primary N) is 1. The molecule has 0 aromatic heterocycles. The average Bonchev–Trinajstić information content (AvgIpc) is 2.57. The van der Waals surface area contributed by atoms with Gasteiger partial charge < -0.3 is 20.7 Å². The minimum Gasteiger partial charge on any atom is -0.399 e. The first-order valence-electron chi connectivity index (χ1n) is 7.69. The maximum Gasteiger partial charge on any atom is 0.232 e. The lowest BCUT2D eigenvalue weighted by Gasteiger charge is -2.26. The smallest absolute Gasteiger partial charge is 0.232 e. The van der Waals surface area contributed by atoms with Crippen LogP contribution >= 0.6 is 11.8 Å². The summed E-state index contributed by atoms with van der Waals surface area (Å²) >= 11 is 1.35. The molecule has 23 heavy (non-hydrogen) atoms. The van der Waals surface area contributed by atoms with Crippen molar-refractivity contribution in [3.8, 4) is 0 Å². The molecule has 1 aromatic rings. The van der Waals surface area contributed by atoms with Gasteiger partial charge >= 0.3 is 0 Å². The molecule has 3 N–H and O–H groups in total. The van der Waals surface area contributed by atoms with Crippen LogP contribution in [0.4, 0.5) is 5.69 Å². The maximum absolute atomic E-state index is 11.9. The number of morpholine rings is 1. The van der Waals surface area contributed by atoms with Gasteiger partial charge in [0.2, 0.25) is 11.8 Å². The summed E-state index contributed by atoms with van der Waals surface area (Å²) in [7, 11) is 0. The van der Waals surface area contributed by atoms with E-state index in [9.17, 15) is 9.59 Å². The summed E-state index contributed by atoms with van der Waals surface area (Å²) in [5.74, 6) is 0.677. The molecule has 2 rings (SSSR count). The molecule has 0 bridgehead atoms. The van der Waals surface area contributed by atoms with E-state index in [0.717, 1.165) is 17.7 Å². The summed E-state index contributed by atoms with van der Waals surface area (Å²) < 4.78 is 5.21. The second kappa shape index (κ2) is 9.42. The molecule has 1 fully saturated rings. The predicted octanol–water partition coefficient (Wildman–Crippen LogP) is 0.520. The Morgan fingerprint density at radius 3 is 2.57 bits per heavy atom. The third kappa shape index (κ3) is 6.50. The van der Waals surface area contributed by atoms with E-state index in [1.807, 2.05) is 24.3 Å². The average molecular weight is 337 g/mol. The number of rotatable bonds is 7. The van der Waals surface area contributed by atoms with Crippen LogP contribution in [0.3, 0.4) is 0 Å². The Bertz CT molecular complexity index is 516. The van der Waals surface area contributed by atoms with Crippen molar-refractivity contribution < 1.29 is 14.3 Å². The summed E-state index contributed by atoms with van der Waals surface area (Å²) in [5.41, 5.74) is 7.50. The number of amides is 2. The molecule has 7 heteroatoms. The minimum absolute atomic E-state index is 0.0415. The van der Waals surface area contributed by atoms with Gasteiger partial charge in [-0.1, -0.05) is 12.1 Å². The summed E-state index contributed by atoms with van der Waals surface area (Å²) in [6.45, 7) is 3.07. The Morgan fingerprint density at radius 2 is 1.87 bits per heavy atom. The fourth-order valence-corrected chi connectivity index (χ4v) is 2.96. The largest absolute Gasteiger partial charge is 0.399 e. The molecule has 0 atom stereocenters. The summed E-state index contributed by atoms with van der Waals surface area (Å²) in [6, 6.07) is 7.61. The molecule has 0 radical (unpaired) electrons. The molecular weight excluding hydrogens is 314 g/mol. The van der Waals surface area contributed by atoms with Gasteiger partial charge in [0.25, 0.3) is 0 Å².